The van der Waals surface area contributed by atoms with E-state index in [4.69, 9.17) is 4.42 Å². The van der Waals surface area contributed by atoms with Crippen molar-refractivity contribution in [1.29, 1.82) is 0 Å². The van der Waals surface area contributed by atoms with Gasteiger partial charge in [0.2, 0.25) is 5.91 Å². The summed E-state index contributed by atoms with van der Waals surface area (Å²) in [4.78, 5) is 31.5. The van der Waals surface area contributed by atoms with Gasteiger partial charge in [0.1, 0.15) is 5.58 Å². The fraction of sp³-hybridized carbons (Fsp3) is 0.304. The predicted octanol–water partition coefficient (Wildman–Crippen LogP) is 3.54. The fourth-order valence-corrected chi connectivity index (χ4v) is 4.64. The van der Waals surface area contributed by atoms with Crippen LogP contribution in [-0.4, -0.2) is 60.9 Å². The number of para-hydroxylation sites is 1. The molecule has 1 aromatic heterocycles. The van der Waals surface area contributed by atoms with Crippen molar-refractivity contribution >= 4 is 44.4 Å². The van der Waals surface area contributed by atoms with Gasteiger partial charge in [-0.2, -0.15) is 0 Å². The standard InChI is InChI=1S/C23H22BrN3O3/c24-18-5-6-20-17(13-18)14-21(30-20)23(29)26-11-9-25(10-12-26)15-22(28)27-8-7-16-3-1-2-4-19(16)27/h1-6,13-14H,7-12,15H2. The lowest BCUT2D eigenvalue weighted by Crippen LogP contribution is -2.51. The number of carbonyl (C=O) groups is 2. The molecule has 1 fully saturated rings. The van der Waals surface area contributed by atoms with Gasteiger partial charge in [-0.3, -0.25) is 14.5 Å². The minimum atomic E-state index is -0.0956. The number of amides is 2. The lowest BCUT2D eigenvalue weighted by molar-refractivity contribution is -0.120. The summed E-state index contributed by atoms with van der Waals surface area (Å²) in [6.07, 6.45) is 0.915. The van der Waals surface area contributed by atoms with Gasteiger partial charge in [0.25, 0.3) is 5.91 Å². The highest BCUT2D eigenvalue weighted by molar-refractivity contribution is 9.10. The van der Waals surface area contributed by atoms with Crippen LogP contribution in [0.5, 0.6) is 0 Å². The minimum absolute atomic E-state index is 0.0956. The Morgan fingerprint density at radius 3 is 2.60 bits per heavy atom. The van der Waals surface area contributed by atoms with E-state index in [0.717, 1.165) is 28.5 Å². The van der Waals surface area contributed by atoms with Crippen LogP contribution >= 0.6 is 15.9 Å². The molecule has 2 aromatic carbocycles. The van der Waals surface area contributed by atoms with Crippen molar-refractivity contribution in [2.75, 3.05) is 44.2 Å². The van der Waals surface area contributed by atoms with Gasteiger partial charge < -0.3 is 14.2 Å². The van der Waals surface area contributed by atoms with E-state index in [0.29, 0.717) is 44.1 Å². The summed E-state index contributed by atoms with van der Waals surface area (Å²) >= 11 is 3.44. The normalized spacial score (nSPS) is 16.8. The molecule has 0 unspecified atom stereocenters. The first kappa shape index (κ1) is 19.3. The maximum absolute atomic E-state index is 12.9. The van der Waals surface area contributed by atoms with E-state index in [1.54, 1.807) is 11.0 Å². The van der Waals surface area contributed by atoms with Gasteiger partial charge in [0.05, 0.1) is 6.54 Å². The Kier molecular flexibility index (Phi) is 5.08. The number of hydrogen-bond acceptors (Lipinski definition) is 4. The zero-order chi connectivity index (χ0) is 20.7. The molecule has 0 spiro atoms. The SMILES string of the molecule is O=C(c1cc2cc(Br)ccc2o1)N1CCN(CC(=O)N2CCc3ccccc32)CC1. The molecule has 3 heterocycles. The van der Waals surface area contributed by atoms with Crippen LogP contribution < -0.4 is 4.90 Å². The predicted molar refractivity (Wildman–Crippen MR) is 119 cm³/mol. The van der Waals surface area contributed by atoms with Crippen molar-refractivity contribution in [3.63, 3.8) is 0 Å². The highest BCUT2D eigenvalue weighted by Gasteiger charge is 2.29. The molecule has 2 amide bonds. The zero-order valence-corrected chi connectivity index (χ0v) is 18.1. The Morgan fingerprint density at radius 1 is 0.967 bits per heavy atom. The van der Waals surface area contributed by atoms with Crippen LogP contribution in [0.15, 0.2) is 57.4 Å². The molecule has 0 aliphatic carbocycles. The number of nitrogens with zero attached hydrogens (tertiary/aromatic N) is 3. The monoisotopic (exact) mass is 467 g/mol. The lowest BCUT2D eigenvalue weighted by Gasteiger charge is -2.34. The first-order valence-electron chi connectivity index (χ1n) is 10.2. The number of carbonyl (C=O) groups excluding carboxylic acids is 2. The molecule has 0 N–H and O–H groups in total. The second-order valence-corrected chi connectivity index (χ2v) is 8.70. The molecule has 30 heavy (non-hydrogen) atoms. The molecule has 2 aliphatic rings. The summed E-state index contributed by atoms with van der Waals surface area (Å²) in [7, 11) is 0. The van der Waals surface area contributed by atoms with Gasteiger partial charge in [0.15, 0.2) is 5.76 Å². The van der Waals surface area contributed by atoms with E-state index < -0.39 is 0 Å². The molecule has 0 atom stereocenters. The summed E-state index contributed by atoms with van der Waals surface area (Å²) in [6.45, 7) is 3.66. The van der Waals surface area contributed by atoms with Crippen LogP contribution in [-0.2, 0) is 11.2 Å². The van der Waals surface area contributed by atoms with E-state index >= 15 is 0 Å². The number of fused-ring (bicyclic) bond motifs is 2. The molecule has 5 rings (SSSR count). The molecule has 3 aromatic rings. The first-order chi connectivity index (χ1) is 14.6. The number of rotatable bonds is 3. The van der Waals surface area contributed by atoms with Gasteiger partial charge in [-0.1, -0.05) is 34.1 Å². The Balaban J connectivity index is 1.19. The van der Waals surface area contributed by atoms with Crippen LogP contribution in [0.2, 0.25) is 0 Å². The Hall–Kier alpha value is -2.64. The van der Waals surface area contributed by atoms with Crippen molar-refractivity contribution in [2.45, 2.75) is 6.42 Å². The van der Waals surface area contributed by atoms with E-state index in [9.17, 15) is 9.59 Å². The van der Waals surface area contributed by atoms with Gasteiger partial charge >= 0.3 is 0 Å². The van der Waals surface area contributed by atoms with Crippen molar-refractivity contribution < 1.29 is 14.0 Å². The summed E-state index contributed by atoms with van der Waals surface area (Å²) in [5, 5.41) is 0.905. The molecule has 1 saturated heterocycles. The van der Waals surface area contributed by atoms with Crippen LogP contribution in [0.25, 0.3) is 11.0 Å². The summed E-state index contributed by atoms with van der Waals surface area (Å²) < 4.78 is 6.70. The molecular weight excluding hydrogens is 446 g/mol. The van der Waals surface area contributed by atoms with Gasteiger partial charge in [-0.15, -0.1) is 0 Å². The quantitative estimate of drug-likeness (QED) is 0.590. The molecule has 7 heteroatoms. The highest BCUT2D eigenvalue weighted by atomic mass is 79.9. The molecule has 0 bridgehead atoms. The van der Waals surface area contributed by atoms with Crippen LogP contribution in [0.3, 0.4) is 0 Å². The summed E-state index contributed by atoms with van der Waals surface area (Å²) in [5.41, 5.74) is 2.98. The number of anilines is 1. The number of halogens is 1. The van der Waals surface area contributed by atoms with Crippen molar-refractivity contribution in [3.05, 3.63) is 64.3 Å². The van der Waals surface area contributed by atoms with Crippen molar-refractivity contribution in [3.8, 4) is 0 Å². The third kappa shape index (κ3) is 3.63. The minimum Gasteiger partial charge on any atom is -0.451 e. The number of piperazine rings is 1. The maximum atomic E-state index is 12.9. The van der Waals surface area contributed by atoms with Crippen LogP contribution in [0, 0.1) is 0 Å². The maximum Gasteiger partial charge on any atom is 0.289 e. The van der Waals surface area contributed by atoms with Crippen molar-refractivity contribution in [1.82, 2.24) is 9.80 Å². The Labute approximate surface area is 183 Å². The highest BCUT2D eigenvalue weighted by Crippen LogP contribution is 2.28. The fourth-order valence-electron chi connectivity index (χ4n) is 4.26. The Morgan fingerprint density at radius 2 is 1.77 bits per heavy atom. The lowest BCUT2D eigenvalue weighted by atomic mass is 10.2. The van der Waals surface area contributed by atoms with E-state index in [2.05, 4.69) is 26.9 Å². The molecule has 0 saturated carbocycles. The van der Waals surface area contributed by atoms with Crippen LogP contribution in [0.4, 0.5) is 5.69 Å². The average Bonchev–Trinajstić information content (AvgIpc) is 3.37. The molecule has 0 radical (unpaired) electrons. The molecular formula is C23H22BrN3O3. The summed E-state index contributed by atoms with van der Waals surface area (Å²) in [5.74, 6) is 0.394. The Bertz CT molecular complexity index is 1120. The van der Waals surface area contributed by atoms with Gasteiger partial charge in [0, 0.05) is 48.3 Å². The van der Waals surface area contributed by atoms with Gasteiger partial charge in [-0.05, 0) is 42.3 Å². The summed E-state index contributed by atoms with van der Waals surface area (Å²) in [6, 6.07) is 15.6. The second kappa shape index (κ2) is 7.89. The zero-order valence-electron chi connectivity index (χ0n) is 16.5. The van der Waals surface area contributed by atoms with Crippen LogP contribution in [0.1, 0.15) is 16.1 Å². The second-order valence-electron chi connectivity index (χ2n) is 7.79. The topological polar surface area (TPSA) is 57.0 Å². The van der Waals surface area contributed by atoms with E-state index in [1.165, 1.54) is 5.56 Å². The third-order valence-electron chi connectivity index (χ3n) is 5.90. The number of hydrogen-bond donors (Lipinski definition) is 0. The molecule has 154 valence electrons. The number of furan rings is 1. The molecule has 2 aliphatic heterocycles. The van der Waals surface area contributed by atoms with Crippen molar-refractivity contribution in [2.24, 2.45) is 0 Å². The largest absolute Gasteiger partial charge is 0.451 e. The average molecular weight is 468 g/mol. The van der Waals surface area contributed by atoms with E-state index in [1.807, 2.05) is 41.3 Å². The smallest absolute Gasteiger partial charge is 0.289 e. The third-order valence-corrected chi connectivity index (χ3v) is 6.39. The first-order valence-corrected chi connectivity index (χ1v) is 11.0. The van der Waals surface area contributed by atoms with Gasteiger partial charge in [-0.25, -0.2) is 0 Å². The van der Waals surface area contributed by atoms with E-state index in [-0.39, 0.29) is 11.8 Å². The number of benzene rings is 2. The molecule has 6 nitrogen and oxygen atoms in total.